The molecule has 0 aliphatic heterocycles. The quantitative estimate of drug-likeness (QED) is 0.552. The van der Waals surface area contributed by atoms with Gasteiger partial charge in [-0.25, -0.2) is 9.78 Å². The van der Waals surface area contributed by atoms with E-state index in [1.165, 1.54) is 6.07 Å². The highest BCUT2D eigenvalue weighted by Crippen LogP contribution is 2.22. The highest BCUT2D eigenvalue weighted by atomic mass is 16.5. The van der Waals surface area contributed by atoms with Gasteiger partial charge in [-0.3, -0.25) is 10.1 Å². The van der Waals surface area contributed by atoms with Crippen LogP contribution in [-0.2, 0) is 4.79 Å². The van der Waals surface area contributed by atoms with Crippen LogP contribution < -0.4 is 15.7 Å². The summed E-state index contributed by atoms with van der Waals surface area (Å²) in [4.78, 5) is 30.8. The number of aromatic amines is 1. The molecule has 2 aromatic heterocycles. The van der Waals surface area contributed by atoms with E-state index in [1.54, 1.807) is 18.2 Å². The summed E-state index contributed by atoms with van der Waals surface area (Å²) in [5.41, 5.74) is 2.43. The lowest BCUT2D eigenvalue weighted by molar-refractivity contribution is -0.118. The fourth-order valence-electron chi connectivity index (χ4n) is 2.72. The second kappa shape index (κ2) is 6.36. The average molecular weight is 349 g/mol. The van der Waals surface area contributed by atoms with Crippen molar-refractivity contribution in [3.05, 3.63) is 64.5 Å². The standard InChI is InChI=1S/C19H15N3O4/c1-11-8-18(24)26-16-9-12(6-7-13(11)16)25-10-17(23)22-19-20-14-4-2-3-5-15(14)21-19/h2-9H,10H2,1H3,(H2,20,21,22,23). The van der Waals surface area contributed by atoms with E-state index in [0.717, 1.165) is 22.0 Å². The van der Waals surface area contributed by atoms with E-state index < -0.39 is 5.63 Å². The molecule has 0 bridgehead atoms. The van der Waals surface area contributed by atoms with E-state index in [2.05, 4.69) is 15.3 Å². The number of benzene rings is 2. The van der Waals surface area contributed by atoms with Gasteiger partial charge in [-0.2, -0.15) is 0 Å². The molecular weight excluding hydrogens is 334 g/mol. The number of carbonyl (C=O) groups is 1. The molecule has 2 heterocycles. The van der Waals surface area contributed by atoms with Crippen molar-refractivity contribution in [1.29, 1.82) is 0 Å². The smallest absolute Gasteiger partial charge is 0.336 e. The van der Waals surface area contributed by atoms with Gasteiger partial charge < -0.3 is 14.1 Å². The first kappa shape index (κ1) is 15.9. The van der Waals surface area contributed by atoms with E-state index in [9.17, 15) is 9.59 Å². The van der Waals surface area contributed by atoms with E-state index >= 15 is 0 Å². The fourth-order valence-corrected chi connectivity index (χ4v) is 2.72. The van der Waals surface area contributed by atoms with Gasteiger partial charge in [0.25, 0.3) is 5.91 Å². The molecule has 0 spiro atoms. The number of carbonyl (C=O) groups excluding carboxylic acids is 1. The number of rotatable bonds is 4. The summed E-state index contributed by atoms with van der Waals surface area (Å²) in [7, 11) is 0. The Bertz CT molecular complexity index is 1140. The van der Waals surface area contributed by atoms with Crippen LogP contribution in [0.3, 0.4) is 0 Å². The van der Waals surface area contributed by atoms with Crippen molar-refractivity contribution in [2.24, 2.45) is 0 Å². The molecule has 4 aromatic rings. The SMILES string of the molecule is Cc1cc(=O)oc2cc(OCC(=O)Nc3nc4ccccc4[nH]3)ccc12. The molecule has 2 aromatic carbocycles. The Morgan fingerprint density at radius 1 is 1.23 bits per heavy atom. The van der Waals surface area contributed by atoms with Crippen molar-refractivity contribution in [1.82, 2.24) is 9.97 Å². The summed E-state index contributed by atoms with van der Waals surface area (Å²) in [5.74, 6) is 0.445. The lowest BCUT2D eigenvalue weighted by atomic mass is 10.1. The van der Waals surface area contributed by atoms with Gasteiger partial charge >= 0.3 is 5.63 Å². The Labute approximate surface area is 147 Å². The van der Waals surface area contributed by atoms with Gasteiger partial charge in [0.1, 0.15) is 11.3 Å². The van der Waals surface area contributed by atoms with Gasteiger partial charge in [-0.05, 0) is 36.8 Å². The number of nitrogens with zero attached hydrogens (tertiary/aromatic N) is 1. The zero-order valence-corrected chi connectivity index (χ0v) is 13.9. The molecule has 7 nitrogen and oxygen atoms in total. The fraction of sp³-hybridized carbons (Fsp3) is 0.105. The topological polar surface area (TPSA) is 97.2 Å². The van der Waals surface area contributed by atoms with Crippen molar-refractivity contribution >= 4 is 33.9 Å². The summed E-state index contributed by atoms with van der Waals surface area (Å²) in [6, 6.07) is 14.0. The molecule has 0 radical (unpaired) electrons. The van der Waals surface area contributed by atoms with Gasteiger partial charge in [0.05, 0.1) is 11.0 Å². The number of aromatic nitrogens is 2. The summed E-state index contributed by atoms with van der Waals surface area (Å²) in [5, 5.41) is 3.48. The maximum atomic E-state index is 12.1. The highest BCUT2D eigenvalue weighted by Gasteiger charge is 2.09. The zero-order valence-electron chi connectivity index (χ0n) is 13.9. The maximum absolute atomic E-state index is 12.1. The molecule has 0 atom stereocenters. The highest BCUT2D eigenvalue weighted by molar-refractivity contribution is 5.92. The van der Waals surface area contributed by atoms with Crippen molar-refractivity contribution in [3.8, 4) is 5.75 Å². The third kappa shape index (κ3) is 3.14. The second-order valence-electron chi connectivity index (χ2n) is 5.85. The molecule has 0 saturated heterocycles. The molecule has 130 valence electrons. The number of para-hydroxylation sites is 2. The van der Waals surface area contributed by atoms with Crippen molar-refractivity contribution in [2.45, 2.75) is 6.92 Å². The Morgan fingerprint density at radius 3 is 2.92 bits per heavy atom. The Kier molecular flexibility index (Phi) is 3.89. The van der Waals surface area contributed by atoms with E-state index in [1.807, 2.05) is 31.2 Å². The van der Waals surface area contributed by atoms with Crippen LogP contribution in [0.1, 0.15) is 5.56 Å². The molecule has 7 heteroatoms. The molecule has 1 amide bonds. The Morgan fingerprint density at radius 2 is 2.08 bits per heavy atom. The zero-order chi connectivity index (χ0) is 18.1. The van der Waals surface area contributed by atoms with Crippen LogP contribution in [0.15, 0.2) is 57.7 Å². The number of nitrogens with one attached hydrogen (secondary N) is 2. The normalized spacial score (nSPS) is 11.0. The van der Waals surface area contributed by atoms with E-state index in [4.69, 9.17) is 9.15 Å². The molecule has 0 saturated carbocycles. The number of aryl methyl sites for hydroxylation is 1. The van der Waals surface area contributed by atoms with Crippen LogP contribution in [0.4, 0.5) is 5.95 Å². The van der Waals surface area contributed by atoms with Gasteiger partial charge in [0, 0.05) is 17.5 Å². The van der Waals surface area contributed by atoms with E-state index in [-0.39, 0.29) is 12.5 Å². The number of anilines is 1. The third-order valence-electron chi connectivity index (χ3n) is 3.94. The summed E-state index contributed by atoms with van der Waals surface area (Å²) < 4.78 is 10.7. The maximum Gasteiger partial charge on any atom is 0.336 e. The predicted octanol–water partition coefficient (Wildman–Crippen LogP) is 3.00. The number of H-pyrrole nitrogens is 1. The average Bonchev–Trinajstić information content (AvgIpc) is 3.01. The monoisotopic (exact) mass is 349 g/mol. The minimum atomic E-state index is -0.422. The number of fused-ring (bicyclic) bond motifs is 2. The molecule has 2 N–H and O–H groups in total. The molecule has 26 heavy (non-hydrogen) atoms. The first-order chi connectivity index (χ1) is 12.6. The second-order valence-corrected chi connectivity index (χ2v) is 5.85. The van der Waals surface area contributed by atoms with Crippen molar-refractivity contribution < 1.29 is 13.9 Å². The minimum absolute atomic E-state index is 0.196. The molecule has 4 rings (SSSR count). The Hall–Kier alpha value is -3.61. The van der Waals surface area contributed by atoms with Crippen molar-refractivity contribution in [2.75, 3.05) is 11.9 Å². The number of amides is 1. The van der Waals surface area contributed by atoms with Gasteiger partial charge in [-0.1, -0.05) is 12.1 Å². The van der Waals surface area contributed by atoms with Crippen LogP contribution in [0, 0.1) is 6.92 Å². The largest absolute Gasteiger partial charge is 0.484 e. The lowest BCUT2D eigenvalue weighted by Crippen LogP contribution is -2.20. The van der Waals surface area contributed by atoms with Crippen LogP contribution in [0.25, 0.3) is 22.0 Å². The molecular formula is C19H15N3O4. The van der Waals surface area contributed by atoms with Gasteiger partial charge in [0.15, 0.2) is 6.61 Å². The predicted molar refractivity (Wildman–Crippen MR) is 97.4 cm³/mol. The Balaban J connectivity index is 1.45. The third-order valence-corrected chi connectivity index (χ3v) is 3.94. The van der Waals surface area contributed by atoms with Gasteiger partial charge in [-0.15, -0.1) is 0 Å². The molecule has 0 aliphatic rings. The number of hydrogen-bond acceptors (Lipinski definition) is 5. The first-order valence-corrected chi connectivity index (χ1v) is 8.00. The summed E-state index contributed by atoms with van der Waals surface area (Å²) in [6.45, 7) is 1.64. The number of ether oxygens (including phenoxy) is 1. The van der Waals surface area contributed by atoms with Gasteiger partial charge in [0.2, 0.25) is 5.95 Å². The molecule has 0 aliphatic carbocycles. The molecule has 0 unspecified atom stereocenters. The lowest BCUT2D eigenvalue weighted by Gasteiger charge is -2.07. The van der Waals surface area contributed by atoms with Crippen LogP contribution in [0.5, 0.6) is 5.75 Å². The van der Waals surface area contributed by atoms with E-state index in [0.29, 0.717) is 17.3 Å². The van der Waals surface area contributed by atoms with Crippen LogP contribution in [0.2, 0.25) is 0 Å². The summed E-state index contributed by atoms with van der Waals surface area (Å²) in [6.07, 6.45) is 0. The van der Waals surface area contributed by atoms with Crippen LogP contribution in [-0.4, -0.2) is 22.5 Å². The summed E-state index contributed by atoms with van der Waals surface area (Å²) >= 11 is 0. The number of imidazole rings is 1. The van der Waals surface area contributed by atoms with Crippen LogP contribution >= 0.6 is 0 Å². The van der Waals surface area contributed by atoms with Crippen molar-refractivity contribution in [3.63, 3.8) is 0 Å². The molecule has 0 fully saturated rings. The first-order valence-electron chi connectivity index (χ1n) is 8.00. The minimum Gasteiger partial charge on any atom is -0.484 e. The number of hydrogen-bond donors (Lipinski definition) is 2.